The molecular weight excluding hydrogens is 220 g/mol. The van der Waals surface area contributed by atoms with Crippen LogP contribution in [0.25, 0.3) is 0 Å². The molecule has 0 radical (unpaired) electrons. The molecule has 2 heteroatoms. The van der Waals surface area contributed by atoms with Gasteiger partial charge in [-0.15, -0.1) is 24.0 Å². The number of benzene rings is 1. The summed E-state index contributed by atoms with van der Waals surface area (Å²) in [6, 6.07) is 12.0. The standard InChI is InChI=1S/C13H10S2/c1-10-2-8-13(15-10)9-5-11-3-6-12(14)7-4-11/h2-4,6-8,14H,1H3. The number of hydrogen-bond donors (Lipinski definition) is 1. The van der Waals surface area contributed by atoms with Crippen molar-refractivity contribution in [1.29, 1.82) is 0 Å². The van der Waals surface area contributed by atoms with E-state index in [0.717, 1.165) is 15.3 Å². The molecule has 1 heterocycles. The molecule has 0 N–H and O–H groups in total. The van der Waals surface area contributed by atoms with Crippen molar-refractivity contribution in [3.8, 4) is 11.8 Å². The van der Waals surface area contributed by atoms with Crippen molar-refractivity contribution in [2.45, 2.75) is 11.8 Å². The molecule has 0 spiro atoms. The zero-order chi connectivity index (χ0) is 10.7. The van der Waals surface area contributed by atoms with Gasteiger partial charge in [0.1, 0.15) is 0 Å². The molecule has 2 rings (SSSR count). The maximum atomic E-state index is 4.23. The van der Waals surface area contributed by atoms with Crippen LogP contribution in [0.3, 0.4) is 0 Å². The molecule has 0 bridgehead atoms. The smallest absolute Gasteiger partial charge is 0.0775 e. The topological polar surface area (TPSA) is 0 Å². The van der Waals surface area contributed by atoms with Gasteiger partial charge in [0.15, 0.2) is 0 Å². The minimum Gasteiger partial charge on any atom is -0.143 e. The van der Waals surface area contributed by atoms with Crippen molar-refractivity contribution < 1.29 is 0 Å². The SMILES string of the molecule is Cc1ccc(C#Cc2ccc(S)cc2)s1. The molecule has 0 aliphatic rings. The Balaban J connectivity index is 2.22. The molecule has 0 amide bonds. The molecule has 0 nitrogen and oxygen atoms in total. The van der Waals surface area contributed by atoms with Gasteiger partial charge in [-0.2, -0.15) is 0 Å². The van der Waals surface area contributed by atoms with Crippen LogP contribution in [0, 0.1) is 18.8 Å². The zero-order valence-electron chi connectivity index (χ0n) is 8.32. The Morgan fingerprint density at radius 2 is 1.73 bits per heavy atom. The highest BCUT2D eigenvalue weighted by Crippen LogP contribution is 2.13. The van der Waals surface area contributed by atoms with Crippen LogP contribution in [-0.4, -0.2) is 0 Å². The van der Waals surface area contributed by atoms with Crippen LogP contribution in [0.1, 0.15) is 15.3 Å². The quantitative estimate of drug-likeness (QED) is 0.517. The van der Waals surface area contributed by atoms with Gasteiger partial charge in [0.25, 0.3) is 0 Å². The Bertz CT molecular complexity index is 509. The van der Waals surface area contributed by atoms with Gasteiger partial charge in [0.05, 0.1) is 4.88 Å². The fraction of sp³-hybridized carbons (Fsp3) is 0.0769. The summed E-state index contributed by atoms with van der Waals surface area (Å²) in [6.45, 7) is 2.09. The predicted octanol–water partition coefficient (Wildman–Crippen LogP) is 3.75. The summed E-state index contributed by atoms with van der Waals surface area (Å²) in [5.41, 5.74) is 1.03. The Morgan fingerprint density at radius 3 is 2.33 bits per heavy atom. The summed E-state index contributed by atoms with van der Waals surface area (Å²) in [5.74, 6) is 6.27. The first-order valence-corrected chi connectivity index (χ1v) is 5.88. The Labute approximate surface area is 99.4 Å². The van der Waals surface area contributed by atoms with E-state index in [-0.39, 0.29) is 0 Å². The van der Waals surface area contributed by atoms with E-state index in [9.17, 15) is 0 Å². The Hall–Kier alpha value is -1.17. The summed E-state index contributed by atoms with van der Waals surface area (Å²) in [4.78, 5) is 3.37. The van der Waals surface area contributed by atoms with Crippen molar-refractivity contribution in [2.75, 3.05) is 0 Å². The summed E-state index contributed by atoms with van der Waals surface area (Å²) in [7, 11) is 0. The lowest BCUT2D eigenvalue weighted by molar-refractivity contribution is 1.46. The second kappa shape index (κ2) is 4.57. The van der Waals surface area contributed by atoms with Gasteiger partial charge < -0.3 is 0 Å². The fourth-order valence-electron chi connectivity index (χ4n) is 1.18. The zero-order valence-corrected chi connectivity index (χ0v) is 10.0. The number of thiophene rings is 1. The average Bonchev–Trinajstić information content (AvgIpc) is 2.64. The van der Waals surface area contributed by atoms with Gasteiger partial charge >= 0.3 is 0 Å². The third-order valence-corrected chi connectivity index (χ3v) is 3.15. The van der Waals surface area contributed by atoms with Crippen molar-refractivity contribution in [1.82, 2.24) is 0 Å². The largest absolute Gasteiger partial charge is 0.143 e. The van der Waals surface area contributed by atoms with Crippen LogP contribution < -0.4 is 0 Å². The number of rotatable bonds is 0. The molecule has 1 aromatic heterocycles. The fourth-order valence-corrected chi connectivity index (χ4v) is 2.05. The normalized spacial score (nSPS) is 9.47. The molecule has 0 aliphatic heterocycles. The lowest BCUT2D eigenvalue weighted by Gasteiger charge is -1.90. The molecule has 0 saturated heterocycles. The van der Waals surface area contributed by atoms with Crippen LogP contribution in [0.4, 0.5) is 0 Å². The van der Waals surface area contributed by atoms with Crippen LogP contribution in [-0.2, 0) is 0 Å². The molecule has 1 aromatic carbocycles. The van der Waals surface area contributed by atoms with Gasteiger partial charge in [-0.3, -0.25) is 0 Å². The van der Waals surface area contributed by atoms with Crippen LogP contribution in [0.5, 0.6) is 0 Å². The molecule has 15 heavy (non-hydrogen) atoms. The first kappa shape index (κ1) is 10.4. The van der Waals surface area contributed by atoms with E-state index in [1.807, 2.05) is 24.3 Å². The third-order valence-electron chi connectivity index (χ3n) is 1.94. The van der Waals surface area contributed by atoms with E-state index >= 15 is 0 Å². The second-order valence-corrected chi connectivity index (χ2v) is 5.01. The number of thiol groups is 1. The highest BCUT2D eigenvalue weighted by Gasteiger charge is 1.91. The Kier molecular flexibility index (Phi) is 3.15. The van der Waals surface area contributed by atoms with Gasteiger partial charge in [-0.25, -0.2) is 0 Å². The highest BCUT2D eigenvalue weighted by atomic mass is 32.1. The summed E-state index contributed by atoms with van der Waals surface area (Å²) in [6.07, 6.45) is 0. The molecule has 0 fully saturated rings. The predicted molar refractivity (Wildman–Crippen MR) is 68.7 cm³/mol. The van der Waals surface area contributed by atoms with Crippen LogP contribution in [0.15, 0.2) is 41.3 Å². The lowest BCUT2D eigenvalue weighted by atomic mass is 10.2. The van der Waals surface area contributed by atoms with Gasteiger partial charge in [0.2, 0.25) is 0 Å². The number of aryl methyl sites for hydroxylation is 1. The van der Waals surface area contributed by atoms with E-state index in [4.69, 9.17) is 0 Å². The maximum absolute atomic E-state index is 4.23. The first-order valence-electron chi connectivity index (χ1n) is 4.61. The summed E-state index contributed by atoms with van der Waals surface area (Å²) >= 11 is 5.95. The lowest BCUT2D eigenvalue weighted by Crippen LogP contribution is -1.72. The van der Waals surface area contributed by atoms with E-state index in [1.165, 1.54) is 4.88 Å². The second-order valence-electron chi connectivity index (χ2n) is 3.21. The van der Waals surface area contributed by atoms with E-state index in [2.05, 4.69) is 43.5 Å². The van der Waals surface area contributed by atoms with E-state index in [1.54, 1.807) is 11.3 Å². The third kappa shape index (κ3) is 2.89. The van der Waals surface area contributed by atoms with E-state index < -0.39 is 0 Å². The van der Waals surface area contributed by atoms with Crippen molar-refractivity contribution in [3.05, 3.63) is 51.7 Å². The van der Waals surface area contributed by atoms with Crippen LogP contribution >= 0.6 is 24.0 Å². The summed E-state index contributed by atoms with van der Waals surface area (Å²) in [5, 5.41) is 0. The van der Waals surface area contributed by atoms with Gasteiger partial charge in [-0.05, 0) is 43.3 Å². The van der Waals surface area contributed by atoms with Gasteiger partial charge in [0, 0.05) is 15.3 Å². The molecule has 0 unspecified atom stereocenters. The number of hydrogen-bond acceptors (Lipinski definition) is 2. The van der Waals surface area contributed by atoms with Crippen LogP contribution in [0.2, 0.25) is 0 Å². The maximum Gasteiger partial charge on any atom is 0.0775 e. The first-order chi connectivity index (χ1) is 7.24. The molecule has 74 valence electrons. The molecule has 2 aromatic rings. The monoisotopic (exact) mass is 230 g/mol. The minimum absolute atomic E-state index is 0.965. The molecular formula is C13H10S2. The van der Waals surface area contributed by atoms with Crippen molar-refractivity contribution in [2.24, 2.45) is 0 Å². The Morgan fingerprint density at radius 1 is 1.00 bits per heavy atom. The molecule has 0 aliphatic carbocycles. The minimum atomic E-state index is 0.965. The summed E-state index contributed by atoms with van der Waals surface area (Å²) < 4.78 is 0. The molecule has 0 saturated carbocycles. The average molecular weight is 230 g/mol. The molecule has 0 atom stereocenters. The van der Waals surface area contributed by atoms with Crippen molar-refractivity contribution >= 4 is 24.0 Å². The van der Waals surface area contributed by atoms with Crippen molar-refractivity contribution in [3.63, 3.8) is 0 Å². The van der Waals surface area contributed by atoms with E-state index in [0.29, 0.717) is 0 Å². The highest BCUT2D eigenvalue weighted by molar-refractivity contribution is 7.80. The van der Waals surface area contributed by atoms with Gasteiger partial charge in [-0.1, -0.05) is 11.8 Å².